The normalized spacial score (nSPS) is 12.7. The van der Waals surface area contributed by atoms with Crippen molar-refractivity contribution in [3.8, 4) is 28.5 Å². The Hall–Kier alpha value is -4.14. The van der Waals surface area contributed by atoms with Crippen LogP contribution in [0.2, 0.25) is 0 Å². The number of carboxylic acids is 1. The van der Waals surface area contributed by atoms with Gasteiger partial charge in [0.15, 0.2) is 11.5 Å². The summed E-state index contributed by atoms with van der Waals surface area (Å²) in [5.74, 6) is -1.47. The van der Waals surface area contributed by atoms with Crippen molar-refractivity contribution < 1.29 is 32.9 Å². The molecule has 1 aliphatic rings. The summed E-state index contributed by atoms with van der Waals surface area (Å²) in [5.41, 5.74) is 1.04. The number of carboxylic acid groups (broad SMARTS) is 1. The standard InChI is InChI=1S/C24H18F2N2O5/c1-31-23-15(3-2-8-27-23)19-20-17(6-7-18-22(20)33-10-9-32-18)28(21(19)24(29)30)12-13-11-14(25)4-5-16(13)26/h2-8,11H,9-10,12H2,1H3,(H,29,30). The number of benzene rings is 2. The predicted molar refractivity (Wildman–Crippen MR) is 115 cm³/mol. The van der Waals surface area contributed by atoms with Crippen LogP contribution in [0, 0.1) is 11.6 Å². The molecule has 0 unspecified atom stereocenters. The summed E-state index contributed by atoms with van der Waals surface area (Å²) < 4.78 is 46.8. The maximum atomic E-state index is 14.5. The molecule has 0 amide bonds. The Morgan fingerprint density at radius 3 is 2.79 bits per heavy atom. The van der Waals surface area contributed by atoms with Gasteiger partial charge in [0.25, 0.3) is 0 Å². The first-order valence-corrected chi connectivity index (χ1v) is 10.1. The second kappa shape index (κ2) is 8.09. The highest BCUT2D eigenvalue weighted by Gasteiger charge is 2.31. The van der Waals surface area contributed by atoms with Crippen molar-refractivity contribution in [3.63, 3.8) is 0 Å². The molecule has 0 saturated heterocycles. The molecule has 1 aliphatic heterocycles. The SMILES string of the molecule is COc1ncccc1-c1c(C(=O)O)n(Cc2cc(F)ccc2F)c2ccc3c(c12)OCCO3. The largest absolute Gasteiger partial charge is 0.486 e. The topological polar surface area (TPSA) is 82.8 Å². The molecule has 0 radical (unpaired) electrons. The van der Waals surface area contributed by atoms with Gasteiger partial charge in [-0.05, 0) is 42.5 Å². The monoisotopic (exact) mass is 452 g/mol. The smallest absolute Gasteiger partial charge is 0.353 e. The summed E-state index contributed by atoms with van der Waals surface area (Å²) in [6.45, 7) is 0.414. The summed E-state index contributed by atoms with van der Waals surface area (Å²) in [6, 6.07) is 9.77. The molecule has 1 N–H and O–H groups in total. The molecule has 2 aromatic carbocycles. The van der Waals surface area contributed by atoms with E-state index in [1.54, 1.807) is 24.3 Å². The third-order valence-corrected chi connectivity index (χ3v) is 5.51. The third kappa shape index (κ3) is 3.42. The molecular weight excluding hydrogens is 434 g/mol. The number of hydrogen-bond donors (Lipinski definition) is 1. The molecule has 0 bridgehead atoms. The maximum Gasteiger partial charge on any atom is 0.353 e. The van der Waals surface area contributed by atoms with E-state index < -0.39 is 17.6 Å². The van der Waals surface area contributed by atoms with Crippen molar-refractivity contribution >= 4 is 16.9 Å². The first kappa shape index (κ1) is 20.7. The fourth-order valence-corrected chi connectivity index (χ4v) is 4.17. The quantitative estimate of drug-likeness (QED) is 0.480. The van der Waals surface area contributed by atoms with Crippen LogP contribution in [0.3, 0.4) is 0 Å². The number of hydrogen-bond acceptors (Lipinski definition) is 5. The van der Waals surface area contributed by atoms with E-state index in [1.807, 2.05) is 0 Å². The number of methoxy groups -OCH3 is 1. The fraction of sp³-hybridized carbons (Fsp3) is 0.167. The van der Waals surface area contributed by atoms with Gasteiger partial charge in [-0.25, -0.2) is 18.6 Å². The highest BCUT2D eigenvalue weighted by Crippen LogP contribution is 2.47. The minimum atomic E-state index is -1.26. The van der Waals surface area contributed by atoms with E-state index in [1.165, 1.54) is 17.9 Å². The van der Waals surface area contributed by atoms with E-state index in [-0.39, 0.29) is 30.3 Å². The molecule has 5 rings (SSSR count). The van der Waals surface area contributed by atoms with E-state index in [2.05, 4.69) is 4.98 Å². The first-order chi connectivity index (χ1) is 16.0. The van der Waals surface area contributed by atoms with Gasteiger partial charge >= 0.3 is 5.97 Å². The highest BCUT2D eigenvalue weighted by atomic mass is 19.1. The molecule has 168 valence electrons. The lowest BCUT2D eigenvalue weighted by atomic mass is 10.0. The second-order valence-electron chi connectivity index (χ2n) is 7.39. The van der Waals surface area contributed by atoms with Crippen molar-refractivity contribution in [1.29, 1.82) is 0 Å². The second-order valence-corrected chi connectivity index (χ2v) is 7.39. The Bertz CT molecular complexity index is 1400. The van der Waals surface area contributed by atoms with E-state index in [9.17, 15) is 18.7 Å². The van der Waals surface area contributed by atoms with Crippen molar-refractivity contribution in [3.05, 3.63) is 71.6 Å². The molecular formula is C24H18F2N2O5. The molecule has 4 aromatic rings. The summed E-state index contributed by atoms with van der Waals surface area (Å²) in [4.78, 5) is 16.8. The molecule has 33 heavy (non-hydrogen) atoms. The van der Waals surface area contributed by atoms with Gasteiger partial charge in [0.05, 0.1) is 24.6 Å². The Labute approximate surface area is 186 Å². The lowest BCUT2D eigenvalue weighted by molar-refractivity contribution is 0.0687. The van der Waals surface area contributed by atoms with Crippen molar-refractivity contribution in [1.82, 2.24) is 9.55 Å². The van der Waals surface area contributed by atoms with E-state index >= 15 is 0 Å². The lowest BCUT2D eigenvalue weighted by Crippen LogP contribution is -2.15. The van der Waals surface area contributed by atoms with Crippen LogP contribution in [-0.2, 0) is 6.54 Å². The molecule has 0 saturated carbocycles. The summed E-state index contributed by atoms with van der Waals surface area (Å²) >= 11 is 0. The van der Waals surface area contributed by atoms with Crippen LogP contribution < -0.4 is 14.2 Å². The van der Waals surface area contributed by atoms with Gasteiger partial charge in [0, 0.05) is 22.9 Å². The number of nitrogens with zero attached hydrogens (tertiary/aromatic N) is 2. The zero-order valence-electron chi connectivity index (χ0n) is 17.5. The molecule has 0 aliphatic carbocycles. The average molecular weight is 452 g/mol. The molecule has 7 nitrogen and oxygen atoms in total. The van der Waals surface area contributed by atoms with E-state index in [0.29, 0.717) is 40.1 Å². The molecule has 0 spiro atoms. The number of pyridine rings is 1. The summed E-state index contributed by atoms with van der Waals surface area (Å²) in [5, 5.41) is 10.7. The summed E-state index contributed by atoms with van der Waals surface area (Å²) in [6.07, 6.45) is 1.53. The number of fused-ring (bicyclic) bond motifs is 3. The summed E-state index contributed by atoms with van der Waals surface area (Å²) in [7, 11) is 1.43. The highest BCUT2D eigenvalue weighted by molar-refractivity contribution is 6.12. The molecule has 2 aromatic heterocycles. The van der Waals surface area contributed by atoms with Crippen LogP contribution in [0.1, 0.15) is 16.1 Å². The number of carbonyl (C=O) groups is 1. The van der Waals surface area contributed by atoms with Gasteiger partial charge in [-0.15, -0.1) is 0 Å². The van der Waals surface area contributed by atoms with Gasteiger partial charge in [-0.3, -0.25) is 0 Å². The predicted octanol–water partition coefficient (Wildman–Crippen LogP) is 4.51. The van der Waals surface area contributed by atoms with E-state index in [0.717, 1.165) is 18.2 Å². The van der Waals surface area contributed by atoms with Gasteiger partial charge in [0.1, 0.15) is 30.5 Å². The molecule has 9 heteroatoms. The number of aromatic carboxylic acids is 1. The number of halogens is 2. The van der Waals surface area contributed by atoms with Crippen LogP contribution in [0.4, 0.5) is 8.78 Å². The number of rotatable bonds is 5. The zero-order valence-corrected chi connectivity index (χ0v) is 17.5. The Balaban J connectivity index is 1.89. The molecule has 0 fully saturated rings. The minimum Gasteiger partial charge on any atom is -0.486 e. The van der Waals surface area contributed by atoms with Crippen molar-refractivity contribution in [2.24, 2.45) is 0 Å². The average Bonchev–Trinajstić information content (AvgIpc) is 3.16. The lowest BCUT2D eigenvalue weighted by Gasteiger charge is -2.20. The molecule has 0 atom stereocenters. The van der Waals surface area contributed by atoms with Gasteiger partial charge in [-0.2, -0.15) is 0 Å². The van der Waals surface area contributed by atoms with Crippen LogP contribution in [0.25, 0.3) is 22.0 Å². The number of ether oxygens (including phenoxy) is 3. The van der Waals surface area contributed by atoms with Crippen LogP contribution in [-0.4, -0.2) is 41.0 Å². The third-order valence-electron chi connectivity index (χ3n) is 5.51. The van der Waals surface area contributed by atoms with Crippen molar-refractivity contribution in [2.75, 3.05) is 20.3 Å². The van der Waals surface area contributed by atoms with Crippen LogP contribution in [0.5, 0.6) is 17.4 Å². The molecule has 3 heterocycles. The van der Waals surface area contributed by atoms with Crippen LogP contribution in [0.15, 0.2) is 48.7 Å². The maximum absolute atomic E-state index is 14.5. The van der Waals surface area contributed by atoms with Crippen molar-refractivity contribution in [2.45, 2.75) is 6.54 Å². The Morgan fingerprint density at radius 1 is 1.18 bits per heavy atom. The van der Waals surface area contributed by atoms with E-state index in [4.69, 9.17) is 14.2 Å². The Morgan fingerprint density at radius 2 is 2.00 bits per heavy atom. The fourth-order valence-electron chi connectivity index (χ4n) is 4.17. The van der Waals surface area contributed by atoms with Gasteiger partial charge in [0.2, 0.25) is 5.88 Å². The number of aromatic nitrogens is 2. The minimum absolute atomic E-state index is 0.00832. The Kier molecular flexibility index (Phi) is 5.08. The van der Waals surface area contributed by atoms with Gasteiger partial charge < -0.3 is 23.9 Å². The zero-order chi connectivity index (χ0) is 23.1. The first-order valence-electron chi connectivity index (χ1n) is 10.1. The van der Waals surface area contributed by atoms with Crippen LogP contribution >= 0.6 is 0 Å². The van der Waals surface area contributed by atoms with Gasteiger partial charge in [-0.1, -0.05) is 0 Å².